The Bertz CT molecular complexity index is 419. The molecule has 1 aliphatic rings. The normalized spacial score (nSPS) is 20.6. The molecule has 0 aliphatic carbocycles. The van der Waals surface area contributed by atoms with Crippen molar-refractivity contribution in [2.75, 3.05) is 11.4 Å². The zero-order chi connectivity index (χ0) is 11.7. The molecule has 4 heteroatoms. The Morgan fingerprint density at radius 2 is 2.31 bits per heavy atom. The van der Waals surface area contributed by atoms with Crippen LogP contribution in [-0.4, -0.2) is 22.9 Å². The minimum absolute atomic E-state index is 0.0315. The number of carbonyl (C=O) groups excluding carboxylic acids is 1. The van der Waals surface area contributed by atoms with E-state index in [1.165, 1.54) is 0 Å². The van der Waals surface area contributed by atoms with E-state index in [0.717, 1.165) is 16.8 Å². The molecule has 1 N–H and O–H groups in total. The number of aryl methyl sites for hydroxylation is 1. The SMILES string of the molecule is Cc1cccc(CO)c1N1CC(Cl)CC1=O. The summed E-state index contributed by atoms with van der Waals surface area (Å²) in [6, 6.07) is 5.64. The lowest BCUT2D eigenvalue weighted by molar-refractivity contribution is -0.117. The number of benzene rings is 1. The fourth-order valence-corrected chi connectivity index (χ4v) is 2.38. The lowest BCUT2D eigenvalue weighted by atomic mass is 10.1. The van der Waals surface area contributed by atoms with Crippen LogP contribution in [0.2, 0.25) is 0 Å². The molecule has 1 aliphatic heterocycles. The Morgan fingerprint density at radius 3 is 2.88 bits per heavy atom. The van der Waals surface area contributed by atoms with Crippen molar-refractivity contribution in [3.8, 4) is 0 Å². The molecule has 0 spiro atoms. The number of alkyl halides is 1. The van der Waals surface area contributed by atoms with Gasteiger partial charge < -0.3 is 10.0 Å². The fraction of sp³-hybridized carbons (Fsp3) is 0.417. The van der Waals surface area contributed by atoms with Crippen molar-refractivity contribution in [2.24, 2.45) is 0 Å². The van der Waals surface area contributed by atoms with Gasteiger partial charge in [0, 0.05) is 18.5 Å². The quantitative estimate of drug-likeness (QED) is 0.800. The van der Waals surface area contributed by atoms with Crippen LogP contribution in [0.25, 0.3) is 0 Å². The van der Waals surface area contributed by atoms with Gasteiger partial charge in [-0.3, -0.25) is 4.79 Å². The molecule has 1 unspecified atom stereocenters. The average Bonchev–Trinajstić information content (AvgIpc) is 2.57. The molecule has 1 heterocycles. The van der Waals surface area contributed by atoms with Gasteiger partial charge in [-0.2, -0.15) is 0 Å². The molecule has 1 saturated heterocycles. The van der Waals surface area contributed by atoms with Crippen LogP contribution in [0.15, 0.2) is 18.2 Å². The first-order chi connectivity index (χ1) is 7.63. The van der Waals surface area contributed by atoms with Gasteiger partial charge in [-0.25, -0.2) is 0 Å². The summed E-state index contributed by atoms with van der Waals surface area (Å²) in [7, 11) is 0. The molecule has 16 heavy (non-hydrogen) atoms. The second-order valence-corrected chi connectivity index (χ2v) is 4.66. The summed E-state index contributed by atoms with van der Waals surface area (Å²) in [5.41, 5.74) is 2.59. The third kappa shape index (κ3) is 1.93. The van der Waals surface area contributed by atoms with E-state index in [1.54, 1.807) is 4.90 Å². The lowest BCUT2D eigenvalue weighted by Gasteiger charge is -2.21. The maximum absolute atomic E-state index is 11.8. The zero-order valence-corrected chi connectivity index (χ0v) is 9.87. The Labute approximate surface area is 99.6 Å². The van der Waals surface area contributed by atoms with Gasteiger partial charge in [-0.15, -0.1) is 11.6 Å². The second kappa shape index (κ2) is 4.44. The maximum Gasteiger partial charge on any atom is 0.228 e. The molecule has 1 amide bonds. The molecule has 3 nitrogen and oxygen atoms in total. The largest absolute Gasteiger partial charge is 0.392 e. The summed E-state index contributed by atoms with van der Waals surface area (Å²) in [6.07, 6.45) is 0.376. The number of para-hydroxylation sites is 1. The van der Waals surface area contributed by atoms with Crippen molar-refractivity contribution in [1.29, 1.82) is 0 Å². The van der Waals surface area contributed by atoms with Crippen LogP contribution in [0.5, 0.6) is 0 Å². The van der Waals surface area contributed by atoms with E-state index in [1.807, 2.05) is 25.1 Å². The van der Waals surface area contributed by atoms with Gasteiger partial charge in [0.15, 0.2) is 0 Å². The van der Waals surface area contributed by atoms with Crippen LogP contribution < -0.4 is 4.90 Å². The number of hydrogen-bond donors (Lipinski definition) is 1. The summed E-state index contributed by atoms with van der Waals surface area (Å²) in [4.78, 5) is 13.4. The number of aliphatic hydroxyl groups excluding tert-OH is 1. The number of hydrogen-bond acceptors (Lipinski definition) is 2. The lowest BCUT2D eigenvalue weighted by Crippen LogP contribution is -2.26. The molecule has 2 rings (SSSR count). The van der Waals surface area contributed by atoms with E-state index in [0.29, 0.717) is 13.0 Å². The fourth-order valence-electron chi connectivity index (χ4n) is 2.11. The first-order valence-electron chi connectivity index (χ1n) is 5.27. The predicted octanol–water partition coefficient (Wildman–Crippen LogP) is 1.83. The second-order valence-electron chi connectivity index (χ2n) is 4.05. The number of anilines is 1. The van der Waals surface area contributed by atoms with E-state index in [-0.39, 0.29) is 17.9 Å². The zero-order valence-electron chi connectivity index (χ0n) is 9.11. The van der Waals surface area contributed by atoms with Gasteiger partial charge >= 0.3 is 0 Å². The molecule has 1 aromatic rings. The van der Waals surface area contributed by atoms with E-state index in [4.69, 9.17) is 11.6 Å². The topological polar surface area (TPSA) is 40.5 Å². The first kappa shape index (κ1) is 11.4. The summed E-state index contributed by atoms with van der Waals surface area (Å²) in [5, 5.41) is 9.16. The summed E-state index contributed by atoms with van der Waals surface area (Å²) < 4.78 is 0. The number of carbonyl (C=O) groups is 1. The molecule has 1 atom stereocenters. The third-order valence-electron chi connectivity index (χ3n) is 2.84. The average molecular weight is 240 g/mol. The van der Waals surface area contributed by atoms with Crippen LogP contribution in [0.3, 0.4) is 0 Å². The van der Waals surface area contributed by atoms with Gasteiger partial charge in [0.1, 0.15) is 0 Å². The number of aliphatic hydroxyl groups is 1. The first-order valence-corrected chi connectivity index (χ1v) is 5.71. The van der Waals surface area contributed by atoms with Crippen molar-refractivity contribution in [3.05, 3.63) is 29.3 Å². The Morgan fingerprint density at radius 1 is 1.56 bits per heavy atom. The minimum Gasteiger partial charge on any atom is -0.392 e. The molecule has 0 saturated carbocycles. The third-order valence-corrected chi connectivity index (χ3v) is 3.13. The Balaban J connectivity index is 2.43. The minimum atomic E-state index is -0.126. The standard InChI is InChI=1S/C12H14ClNO2/c1-8-3-2-4-9(7-15)12(8)14-6-10(13)5-11(14)16/h2-4,10,15H,5-7H2,1H3. The van der Waals surface area contributed by atoms with Crippen LogP contribution in [0.4, 0.5) is 5.69 Å². The van der Waals surface area contributed by atoms with Crippen molar-refractivity contribution in [2.45, 2.75) is 25.3 Å². The van der Waals surface area contributed by atoms with Crippen LogP contribution in [0, 0.1) is 6.92 Å². The van der Waals surface area contributed by atoms with E-state index >= 15 is 0 Å². The summed E-state index contributed by atoms with van der Waals surface area (Å²) in [6.45, 7) is 2.40. The van der Waals surface area contributed by atoms with Crippen molar-refractivity contribution in [3.63, 3.8) is 0 Å². The summed E-state index contributed by atoms with van der Waals surface area (Å²) in [5.74, 6) is 0.0315. The molecule has 1 aromatic carbocycles. The van der Waals surface area contributed by atoms with Gasteiger partial charge in [0.25, 0.3) is 0 Å². The maximum atomic E-state index is 11.8. The monoisotopic (exact) mass is 239 g/mol. The highest BCUT2D eigenvalue weighted by atomic mass is 35.5. The Kier molecular flexibility index (Phi) is 3.17. The smallest absolute Gasteiger partial charge is 0.228 e. The van der Waals surface area contributed by atoms with Crippen LogP contribution >= 0.6 is 11.6 Å². The number of nitrogens with zero attached hydrogens (tertiary/aromatic N) is 1. The van der Waals surface area contributed by atoms with Gasteiger partial charge in [-0.05, 0) is 12.5 Å². The summed E-state index contributed by atoms with van der Waals surface area (Å²) >= 11 is 5.97. The number of rotatable bonds is 2. The molecule has 0 bridgehead atoms. The highest BCUT2D eigenvalue weighted by Gasteiger charge is 2.31. The van der Waals surface area contributed by atoms with Gasteiger partial charge in [0.05, 0.1) is 17.7 Å². The predicted molar refractivity (Wildman–Crippen MR) is 63.7 cm³/mol. The molecular formula is C12H14ClNO2. The molecule has 0 radical (unpaired) electrons. The highest BCUT2D eigenvalue weighted by molar-refractivity contribution is 6.24. The van der Waals surface area contributed by atoms with Crippen molar-refractivity contribution in [1.82, 2.24) is 0 Å². The highest BCUT2D eigenvalue weighted by Crippen LogP contribution is 2.30. The van der Waals surface area contributed by atoms with E-state index < -0.39 is 0 Å². The number of amides is 1. The molecule has 1 fully saturated rings. The van der Waals surface area contributed by atoms with E-state index in [9.17, 15) is 9.90 Å². The Hall–Kier alpha value is -1.06. The van der Waals surface area contributed by atoms with Gasteiger partial charge in [0.2, 0.25) is 5.91 Å². The molecule has 0 aromatic heterocycles. The van der Waals surface area contributed by atoms with Crippen LogP contribution in [0.1, 0.15) is 17.5 Å². The van der Waals surface area contributed by atoms with Crippen molar-refractivity contribution >= 4 is 23.2 Å². The number of halogens is 1. The van der Waals surface area contributed by atoms with E-state index in [2.05, 4.69) is 0 Å². The van der Waals surface area contributed by atoms with Crippen molar-refractivity contribution < 1.29 is 9.90 Å². The van der Waals surface area contributed by atoms with Crippen LogP contribution in [-0.2, 0) is 11.4 Å². The molecule has 86 valence electrons. The molecular weight excluding hydrogens is 226 g/mol. The van der Waals surface area contributed by atoms with Gasteiger partial charge in [-0.1, -0.05) is 18.2 Å².